The van der Waals surface area contributed by atoms with E-state index in [2.05, 4.69) is 45.0 Å². The highest BCUT2D eigenvalue weighted by atomic mass is 79.9. The Morgan fingerprint density at radius 1 is 1.27 bits per heavy atom. The maximum Gasteiger partial charge on any atom is 0.244 e. The van der Waals surface area contributed by atoms with Gasteiger partial charge < -0.3 is 15.0 Å². The van der Waals surface area contributed by atoms with Gasteiger partial charge in [-0.15, -0.1) is 0 Å². The maximum absolute atomic E-state index is 12.1. The minimum absolute atomic E-state index is 0.167. The summed E-state index contributed by atoms with van der Waals surface area (Å²) >= 11 is 3.42. The van der Waals surface area contributed by atoms with E-state index in [-0.39, 0.29) is 5.91 Å². The maximum atomic E-state index is 12.1. The Bertz CT molecular complexity index is 756. The lowest BCUT2D eigenvalue weighted by Gasteiger charge is -2.19. The zero-order valence-corrected chi connectivity index (χ0v) is 16.9. The van der Waals surface area contributed by atoms with Gasteiger partial charge in [0, 0.05) is 41.9 Å². The Morgan fingerprint density at radius 2 is 2.04 bits per heavy atom. The molecule has 0 fully saturated rings. The van der Waals surface area contributed by atoms with Crippen molar-refractivity contribution in [3.63, 3.8) is 0 Å². The van der Waals surface area contributed by atoms with Gasteiger partial charge in [-0.3, -0.25) is 4.79 Å². The highest BCUT2D eigenvalue weighted by Gasteiger charge is 2.04. The highest BCUT2D eigenvalue weighted by molar-refractivity contribution is 9.10. The van der Waals surface area contributed by atoms with Crippen molar-refractivity contribution in [2.45, 2.75) is 20.4 Å². The number of hydrogen-bond donors (Lipinski definition) is 1. The van der Waals surface area contributed by atoms with Crippen molar-refractivity contribution in [3.05, 3.63) is 58.2 Å². The van der Waals surface area contributed by atoms with Gasteiger partial charge in [-0.2, -0.15) is 0 Å². The van der Waals surface area contributed by atoms with Gasteiger partial charge in [0.15, 0.2) is 0 Å². The van der Waals surface area contributed by atoms with E-state index in [9.17, 15) is 4.79 Å². The average Bonchev–Trinajstić information content (AvgIpc) is 2.66. The van der Waals surface area contributed by atoms with Crippen LogP contribution in [-0.4, -0.2) is 31.1 Å². The standard InChI is InChI=1S/C20H24BrN3O2/c1-4-24(5-2)19-10-6-15(13-22-19)14-23-20(25)11-7-16-12-17(21)8-9-18(16)26-3/h6-13H,4-5,14H2,1-3H3,(H,23,25)/b11-7+. The predicted molar refractivity (Wildman–Crippen MR) is 109 cm³/mol. The molecule has 0 aliphatic heterocycles. The zero-order chi connectivity index (χ0) is 18.9. The van der Waals surface area contributed by atoms with Crippen LogP contribution in [0.4, 0.5) is 5.82 Å². The molecule has 2 aromatic rings. The fourth-order valence-corrected chi connectivity index (χ4v) is 2.88. The topological polar surface area (TPSA) is 54.5 Å². The summed E-state index contributed by atoms with van der Waals surface area (Å²) in [5.74, 6) is 1.50. The molecule has 1 N–H and O–H groups in total. The van der Waals surface area contributed by atoms with Crippen LogP contribution in [0.3, 0.4) is 0 Å². The van der Waals surface area contributed by atoms with E-state index in [0.717, 1.165) is 34.5 Å². The third kappa shape index (κ3) is 5.59. The van der Waals surface area contributed by atoms with Crippen LogP contribution in [0.2, 0.25) is 0 Å². The molecule has 138 valence electrons. The van der Waals surface area contributed by atoms with Crippen molar-refractivity contribution in [1.82, 2.24) is 10.3 Å². The van der Waals surface area contributed by atoms with Crippen molar-refractivity contribution in [2.75, 3.05) is 25.1 Å². The number of halogens is 1. The minimum Gasteiger partial charge on any atom is -0.496 e. The van der Waals surface area contributed by atoms with E-state index in [1.807, 2.05) is 30.3 Å². The first-order chi connectivity index (χ1) is 12.6. The Labute approximate surface area is 163 Å². The highest BCUT2D eigenvalue weighted by Crippen LogP contribution is 2.24. The molecule has 0 saturated heterocycles. The van der Waals surface area contributed by atoms with E-state index in [1.165, 1.54) is 6.08 Å². The molecule has 1 heterocycles. The number of hydrogen-bond acceptors (Lipinski definition) is 4. The van der Waals surface area contributed by atoms with Crippen LogP contribution < -0.4 is 15.0 Å². The summed E-state index contributed by atoms with van der Waals surface area (Å²) < 4.78 is 6.22. The molecule has 0 saturated carbocycles. The lowest BCUT2D eigenvalue weighted by Crippen LogP contribution is -2.23. The second kappa shape index (κ2) is 9.97. The number of carbonyl (C=O) groups is 1. The summed E-state index contributed by atoms with van der Waals surface area (Å²) in [6.45, 7) is 6.48. The van der Waals surface area contributed by atoms with Crippen molar-refractivity contribution in [1.29, 1.82) is 0 Å². The number of amides is 1. The average molecular weight is 418 g/mol. The van der Waals surface area contributed by atoms with Crippen molar-refractivity contribution < 1.29 is 9.53 Å². The lowest BCUT2D eigenvalue weighted by atomic mass is 10.2. The molecule has 1 aromatic heterocycles. The van der Waals surface area contributed by atoms with Crippen LogP contribution in [0.25, 0.3) is 6.08 Å². The number of carbonyl (C=O) groups excluding carboxylic acids is 1. The number of nitrogens with one attached hydrogen (secondary N) is 1. The first-order valence-electron chi connectivity index (χ1n) is 8.56. The van der Waals surface area contributed by atoms with E-state index in [1.54, 1.807) is 19.4 Å². The SMILES string of the molecule is CCN(CC)c1ccc(CNC(=O)/C=C/c2cc(Br)ccc2OC)cn1. The Balaban J connectivity index is 1.93. The molecule has 0 atom stereocenters. The molecule has 1 aromatic carbocycles. The number of nitrogens with zero attached hydrogens (tertiary/aromatic N) is 2. The molecule has 26 heavy (non-hydrogen) atoms. The fourth-order valence-electron chi connectivity index (χ4n) is 2.50. The second-order valence-electron chi connectivity index (χ2n) is 5.63. The summed E-state index contributed by atoms with van der Waals surface area (Å²) in [6, 6.07) is 9.62. The second-order valence-corrected chi connectivity index (χ2v) is 6.55. The number of benzene rings is 1. The van der Waals surface area contributed by atoms with Gasteiger partial charge >= 0.3 is 0 Å². The largest absolute Gasteiger partial charge is 0.496 e. The molecule has 1 amide bonds. The Morgan fingerprint density at radius 3 is 2.65 bits per heavy atom. The number of methoxy groups -OCH3 is 1. The first-order valence-corrected chi connectivity index (χ1v) is 9.36. The molecule has 2 rings (SSSR count). The number of anilines is 1. The van der Waals surface area contributed by atoms with Gasteiger partial charge in [0.2, 0.25) is 5.91 Å². The number of pyridine rings is 1. The fraction of sp³-hybridized carbons (Fsp3) is 0.300. The monoisotopic (exact) mass is 417 g/mol. The van der Waals surface area contributed by atoms with E-state index < -0.39 is 0 Å². The number of ether oxygens (including phenoxy) is 1. The minimum atomic E-state index is -0.167. The normalized spacial score (nSPS) is 10.8. The summed E-state index contributed by atoms with van der Waals surface area (Å²) in [5, 5.41) is 2.87. The molecule has 6 heteroatoms. The lowest BCUT2D eigenvalue weighted by molar-refractivity contribution is -0.116. The molecule has 0 radical (unpaired) electrons. The van der Waals surface area contributed by atoms with Crippen LogP contribution in [-0.2, 0) is 11.3 Å². The molecule has 0 bridgehead atoms. The van der Waals surface area contributed by atoms with E-state index >= 15 is 0 Å². The number of aromatic nitrogens is 1. The van der Waals surface area contributed by atoms with Crippen molar-refractivity contribution >= 4 is 33.7 Å². The van der Waals surface area contributed by atoms with Gasteiger partial charge in [-0.1, -0.05) is 22.0 Å². The first kappa shape index (κ1) is 20.0. The zero-order valence-electron chi connectivity index (χ0n) is 15.3. The van der Waals surface area contributed by atoms with Crippen molar-refractivity contribution in [3.8, 4) is 5.75 Å². The molecular formula is C20H24BrN3O2. The van der Waals surface area contributed by atoms with Crippen molar-refractivity contribution in [2.24, 2.45) is 0 Å². The van der Waals surface area contributed by atoms with Gasteiger partial charge in [0.25, 0.3) is 0 Å². The van der Waals surface area contributed by atoms with E-state index in [4.69, 9.17) is 4.74 Å². The van der Waals surface area contributed by atoms with Crippen LogP contribution in [0.5, 0.6) is 5.75 Å². The molecule has 0 spiro atoms. The molecule has 0 aliphatic carbocycles. The third-order valence-electron chi connectivity index (χ3n) is 3.97. The van der Waals surface area contributed by atoms with Gasteiger partial charge in [-0.05, 0) is 49.8 Å². The molecule has 0 aliphatic rings. The third-order valence-corrected chi connectivity index (χ3v) is 4.46. The smallest absolute Gasteiger partial charge is 0.244 e. The van der Waals surface area contributed by atoms with Gasteiger partial charge in [0.05, 0.1) is 7.11 Å². The molecule has 5 nitrogen and oxygen atoms in total. The van der Waals surface area contributed by atoms with Gasteiger partial charge in [0.1, 0.15) is 11.6 Å². The van der Waals surface area contributed by atoms with E-state index in [0.29, 0.717) is 12.3 Å². The quantitative estimate of drug-likeness (QED) is 0.658. The summed E-state index contributed by atoms with van der Waals surface area (Å²) in [7, 11) is 1.61. The predicted octanol–water partition coefficient (Wildman–Crippen LogP) is 4.03. The van der Waals surface area contributed by atoms with Gasteiger partial charge in [-0.25, -0.2) is 4.98 Å². The Hall–Kier alpha value is -2.34. The summed E-state index contributed by atoms with van der Waals surface area (Å²) in [6.07, 6.45) is 5.04. The van der Waals surface area contributed by atoms with Crippen LogP contribution in [0, 0.1) is 0 Å². The van der Waals surface area contributed by atoms with Crippen LogP contribution in [0.15, 0.2) is 47.1 Å². The van der Waals surface area contributed by atoms with Crippen LogP contribution >= 0.6 is 15.9 Å². The van der Waals surface area contributed by atoms with Crippen LogP contribution in [0.1, 0.15) is 25.0 Å². The summed E-state index contributed by atoms with van der Waals surface area (Å²) in [4.78, 5) is 18.7. The Kier molecular flexibility index (Phi) is 7.66. The summed E-state index contributed by atoms with van der Waals surface area (Å²) in [5.41, 5.74) is 1.80. The molecule has 0 unspecified atom stereocenters. The number of rotatable bonds is 8. The molecular weight excluding hydrogens is 394 g/mol.